The largest absolute Gasteiger partial charge is 0.322 e. The van der Waals surface area contributed by atoms with Gasteiger partial charge in [-0.15, -0.1) is 0 Å². The van der Waals surface area contributed by atoms with E-state index >= 15 is 0 Å². The number of anilines is 3. The standard InChI is InChI=1S/C21H18F2N4O3S/c1-14-4-7-16(8-5-14)27-13-26(31(29,30)19-3-2-10-24-21(19)27)12-20(28)25-18-9-6-15(22)11-17(18)23/h2-11H,12-13H2,1H3,(H,25,28). The van der Waals surface area contributed by atoms with E-state index in [1.807, 2.05) is 31.2 Å². The molecule has 0 aliphatic carbocycles. The summed E-state index contributed by atoms with van der Waals surface area (Å²) in [4.78, 5) is 18.4. The van der Waals surface area contributed by atoms with Crippen LogP contribution in [0.2, 0.25) is 0 Å². The van der Waals surface area contributed by atoms with Crippen LogP contribution in [0.1, 0.15) is 5.56 Å². The van der Waals surface area contributed by atoms with Crippen molar-refractivity contribution in [1.29, 1.82) is 0 Å². The highest BCUT2D eigenvalue weighted by Gasteiger charge is 2.38. The lowest BCUT2D eigenvalue weighted by Crippen LogP contribution is -2.47. The van der Waals surface area contributed by atoms with Crippen LogP contribution in [0, 0.1) is 18.6 Å². The first kappa shape index (κ1) is 20.9. The first-order valence-corrected chi connectivity index (χ1v) is 10.7. The number of aryl methyl sites for hydroxylation is 1. The summed E-state index contributed by atoms with van der Waals surface area (Å²) in [5.41, 5.74) is 1.50. The SMILES string of the molecule is Cc1ccc(N2CN(CC(=O)Nc3ccc(F)cc3F)S(=O)(=O)c3cccnc32)cc1. The van der Waals surface area contributed by atoms with Gasteiger partial charge in [0.2, 0.25) is 15.9 Å². The van der Waals surface area contributed by atoms with Gasteiger partial charge in [0.25, 0.3) is 0 Å². The zero-order chi connectivity index (χ0) is 22.2. The molecule has 1 aromatic heterocycles. The minimum absolute atomic E-state index is 0.0393. The van der Waals surface area contributed by atoms with Crippen molar-refractivity contribution in [1.82, 2.24) is 9.29 Å². The van der Waals surface area contributed by atoms with Crippen LogP contribution < -0.4 is 10.2 Å². The molecule has 1 aliphatic rings. The molecule has 0 fully saturated rings. The van der Waals surface area contributed by atoms with Gasteiger partial charge >= 0.3 is 0 Å². The Hall–Kier alpha value is -3.37. The zero-order valence-electron chi connectivity index (χ0n) is 16.4. The minimum Gasteiger partial charge on any atom is -0.322 e. The molecule has 0 saturated heterocycles. The molecule has 2 aromatic carbocycles. The molecule has 3 aromatic rings. The van der Waals surface area contributed by atoms with E-state index < -0.39 is 34.1 Å². The third-order valence-corrected chi connectivity index (χ3v) is 6.59. The van der Waals surface area contributed by atoms with Crippen molar-refractivity contribution < 1.29 is 22.0 Å². The average molecular weight is 444 g/mol. The van der Waals surface area contributed by atoms with Crippen molar-refractivity contribution in [2.75, 3.05) is 23.4 Å². The van der Waals surface area contributed by atoms with Crippen LogP contribution in [0.15, 0.2) is 65.7 Å². The smallest absolute Gasteiger partial charge is 0.248 e. The summed E-state index contributed by atoms with van der Waals surface area (Å²) in [5.74, 6) is -2.24. The molecule has 0 bridgehead atoms. The van der Waals surface area contributed by atoms with Gasteiger partial charge in [0, 0.05) is 18.0 Å². The molecule has 1 amide bonds. The Morgan fingerprint density at radius 3 is 2.58 bits per heavy atom. The second-order valence-corrected chi connectivity index (χ2v) is 8.92. The fourth-order valence-corrected chi connectivity index (χ4v) is 4.71. The number of benzene rings is 2. The van der Waals surface area contributed by atoms with Crippen LogP contribution in [0.5, 0.6) is 0 Å². The summed E-state index contributed by atoms with van der Waals surface area (Å²) in [7, 11) is -4.02. The third kappa shape index (κ3) is 4.12. The molecule has 0 unspecified atom stereocenters. The maximum absolute atomic E-state index is 13.9. The molecule has 7 nitrogen and oxygen atoms in total. The Bertz CT molecular complexity index is 1250. The van der Waals surface area contributed by atoms with Gasteiger partial charge in [0.15, 0.2) is 5.82 Å². The quantitative estimate of drug-likeness (QED) is 0.667. The van der Waals surface area contributed by atoms with E-state index in [2.05, 4.69) is 10.3 Å². The average Bonchev–Trinajstić information content (AvgIpc) is 2.73. The van der Waals surface area contributed by atoms with Crippen LogP contribution in [-0.2, 0) is 14.8 Å². The highest BCUT2D eigenvalue weighted by Crippen LogP contribution is 2.36. The molecule has 10 heteroatoms. The lowest BCUT2D eigenvalue weighted by atomic mass is 10.2. The molecule has 0 saturated carbocycles. The third-order valence-electron chi connectivity index (χ3n) is 4.79. The molecule has 160 valence electrons. The van der Waals surface area contributed by atoms with Gasteiger partial charge in [0.1, 0.15) is 16.5 Å². The van der Waals surface area contributed by atoms with E-state index in [1.54, 1.807) is 4.90 Å². The number of hydrogen-bond donors (Lipinski definition) is 1. The number of amides is 1. The van der Waals surface area contributed by atoms with E-state index in [0.717, 1.165) is 22.0 Å². The van der Waals surface area contributed by atoms with E-state index in [4.69, 9.17) is 0 Å². The summed E-state index contributed by atoms with van der Waals surface area (Å²) in [6.07, 6.45) is 1.50. The molecule has 31 heavy (non-hydrogen) atoms. The Morgan fingerprint density at radius 1 is 1.13 bits per heavy atom. The number of rotatable bonds is 4. The Balaban J connectivity index is 1.64. The first-order chi connectivity index (χ1) is 14.8. The van der Waals surface area contributed by atoms with Crippen molar-refractivity contribution in [3.05, 3.63) is 78.0 Å². The van der Waals surface area contributed by atoms with Crippen molar-refractivity contribution in [2.45, 2.75) is 11.8 Å². The number of nitrogens with one attached hydrogen (secondary N) is 1. The fraction of sp³-hybridized carbons (Fsp3) is 0.143. The molecular weight excluding hydrogens is 426 g/mol. The fourth-order valence-electron chi connectivity index (χ4n) is 3.23. The topological polar surface area (TPSA) is 82.6 Å². The number of nitrogens with zero attached hydrogens (tertiary/aromatic N) is 3. The van der Waals surface area contributed by atoms with Gasteiger partial charge in [-0.3, -0.25) is 4.79 Å². The maximum atomic E-state index is 13.9. The van der Waals surface area contributed by atoms with E-state index in [1.165, 1.54) is 18.3 Å². The molecule has 0 atom stereocenters. The van der Waals surface area contributed by atoms with Crippen LogP contribution in [0.25, 0.3) is 0 Å². The Morgan fingerprint density at radius 2 is 1.87 bits per heavy atom. The molecule has 0 radical (unpaired) electrons. The molecule has 0 spiro atoms. The number of sulfonamides is 1. The summed E-state index contributed by atoms with van der Waals surface area (Å²) >= 11 is 0. The van der Waals surface area contributed by atoms with E-state index in [-0.39, 0.29) is 23.1 Å². The van der Waals surface area contributed by atoms with Gasteiger partial charge in [-0.25, -0.2) is 22.2 Å². The Labute approximate surface area is 178 Å². The predicted octanol–water partition coefficient (Wildman–Crippen LogP) is 3.41. The number of pyridine rings is 1. The monoisotopic (exact) mass is 444 g/mol. The number of hydrogen-bond acceptors (Lipinski definition) is 5. The van der Waals surface area contributed by atoms with E-state index in [9.17, 15) is 22.0 Å². The number of halogens is 2. The van der Waals surface area contributed by atoms with Crippen molar-refractivity contribution in [2.24, 2.45) is 0 Å². The van der Waals surface area contributed by atoms with Crippen molar-refractivity contribution in [3.63, 3.8) is 0 Å². The van der Waals surface area contributed by atoms with E-state index in [0.29, 0.717) is 11.8 Å². The zero-order valence-corrected chi connectivity index (χ0v) is 17.2. The molecule has 4 rings (SSSR count). The van der Waals surface area contributed by atoms with Gasteiger partial charge < -0.3 is 10.2 Å². The summed E-state index contributed by atoms with van der Waals surface area (Å²) in [6.45, 7) is 1.21. The Kier molecular flexibility index (Phi) is 5.42. The molecule has 1 N–H and O–H groups in total. The van der Waals surface area contributed by atoms with Crippen LogP contribution in [-0.4, -0.2) is 36.8 Å². The van der Waals surface area contributed by atoms with Gasteiger partial charge in [-0.05, 0) is 43.3 Å². The second kappa shape index (κ2) is 8.05. The number of aromatic nitrogens is 1. The van der Waals surface area contributed by atoms with Crippen LogP contribution in [0.4, 0.5) is 26.0 Å². The second-order valence-electron chi connectivity index (χ2n) is 7.02. The predicted molar refractivity (Wildman–Crippen MR) is 111 cm³/mol. The minimum atomic E-state index is -4.02. The van der Waals surface area contributed by atoms with Gasteiger partial charge in [0.05, 0.1) is 18.9 Å². The number of carbonyl (C=O) groups is 1. The first-order valence-electron chi connectivity index (χ1n) is 9.30. The number of fused-ring (bicyclic) bond motifs is 1. The molecular formula is C21H18F2N4O3S. The normalized spacial score (nSPS) is 15.4. The highest BCUT2D eigenvalue weighted by atomic mass is 32.2. The lowest BCUT2D eigenvalue weighted by Gasteiger charge is -2.36. The number of carbonyl (C=O) groups excluding carboxylic acids is 1. The van der Waals surface area contributed by atoms with Crippen LogP contribution >= 0.6 is 0 Å². The van der Waals surface area contributed by atoms with Crippen molar-refractivity contribution >= 4 is 33.1 Å². The maximum Gasteiger partial charge on any atom is 0.248 e. The van der Waals surface area contributed by atoms with Crippen LogP contribution in [0.3, 0.4) is 0 Å². The summed E-state index contributed by atoms with van der Waals surface area (Å²) in [5, 5.41) is 2.29. The summed E-state index contributed by atoms with van der Waals surface area (Å²) in [6, 6.07) is 13.1. The molecule has 2 heterocycles. The summed E-state index contributed by atoms with van der Waals surface area (Å²) < 4.78 is 54.1. The van der Waals surface area contributed by atoms with Crippen molar-refractivity contribution in [3.8, 4) is 0 Å². The van der Waals surface area contributed by atoms with Gasteiger partial charge in [-0.2, -0.15) is 4.31 Å². The van der Waals surface area contributed by atoms with Gasteiger partial charge in [-0.1, -0.05) is 17.7 Å². The highest BCUT2D eigenvalue weighted by molar-refractivity contribution is 7.89. The lowest BCUT2D eigenvalue weighted by molar-refractivity contribution is -0.116. The molecule has 1 aliphatic heterocycles.